The molecule has 1 N–H and O–H groups in total. The highest BCUT2D eigenvalue weighted by molar-refractivity contribution is 5.77. The number of rotatable bonds is 3. The lowest BCUT2D eigenvalue weighted by atomic mass is 10.1. The van der Waals surface area contributed by atoms with Gasteiger partial charge in [0.15, 0.2) is 0 Å². The van der Waals surface area contributed by atoms with Crippen molar-refractivity contribution in [2.24, 2.45) is 0 Å². The molecule has 0 aliphatic carbocycles. The number of benzene rings is 1. The lowest BCUT2D eigenvalue weighted by Gasteiger charge is -2.14. The summed E-state index contributed by atoms with van der Waals surface area (Å²) in [4.78, 5) is 0. The van der Waals surface area contributed by atoms with Gasteiger partial charge < -0.3 is 14.3 Å². The average molecular weight is 224 g/mol. The highest BCUT2D eigenvalue weighted by Gasteiger charge is 2.20. The van der Waals surface area contributed by atoms with Crippen LogP contribution >= 0.6 is 0 Å². The fourth-order valence-corrected chi connectivity index (χ4v) is 1.54. The minimum Gasteiger partial charge on any atom is -0.458 e. The lowest BCUT2D eigenvalue weighted by molar-refractivity contribution is -0.0114. The molecular weight excluding hydrogens is 211 g/mol. The highest BCUT2D eigenvalue weighted by atomic mass is 19.1. The Bertz CT molecular complexity index is 492. The molecule has 0 bridgehead atoms. The summed E-state index contributed by atoms with van der Waals surface area (Å²) < 4.78 is 23.4. The van der Waals surface area contributed by atoms with Crippen LogP contribution in [0.1, 0.15) is 18.8 Å². The van der Waals surface area contributed by atoms with Crippen LogP contribution in [0.5, 0.6) is 0 Å². The van der Waals surface area contributed by atoms with Crippen LogP contribution < -0.4 is 0 Å². The fraction of sp³-hybridized carbons (Fsp3) is 0.333. The standard InChI is InChI=1S/C12H13FO3/c1-7(15-2)12(14)11-6-8-5-9(13)3-4-10(8)16-11/h3-7,12,14H,1-2H3. The van der Waals surface area contributed by atoms with Gasteiger partial charge in [-0.15, -0.1) is 0 Å². The van der Waals surface area contributed by atoms with Crippen molar-refractivity contribution in [3.63, 3.8) is 0 Å². The van der Waals surface area contributed by atoms with Crippen LogP contribution in [0, 0.1) is 5.82 Å². The summed E-state index contributed by atoms with van der Waals surface area (Å²) >= 11 is 0. The Kier molecular flexibility index (Phi) is 2.94. The highest BCUT2D eigenvalue weighted by Crippen LogP contribution is 2.26. The maximum Gasteiger partial charge on any atom is 0.137 e. The van der Waals surface area contributed by atoms with Crippen molar-refractivity contribution < 1.29 is 18.7 Å². The van der Waals surface area contributed by atoms with Gasteiger partial charge in [-0.25, -0.2) is 4.39 Å². The van der Waals surface area contributed by atoms with Crippen LogP contribution in [0.3, 0.4) is 0 Å². The third kappa shape index (κ3) is 1.94. The monoisotopic (exact) mass is 224 g/mol. The molecule has 0 amide bonds. The van der Waals surface area contributed by atoms with Gasteiger partial charge in [0, 0.05) is 12.5 Å². The Morgan fingerprint density at radius 1 is 1.38 bits per heavy atom. The smallest absolute Gasteiger partial charge is 0.137 e. The molecule has 1 aromatic carbocycles. The molecule has 2 rings (SSSR count). The second-order valence-electron chi connectivity index (χ2n) is 3.72. The Balaban J connectivity index is 2.39. The Hall–Kier alpha value is -1.39. The first kappa shape index (κ1) is 11.1. The number of ether oxygens (including phenoxy) is 1. The molecule has 2 unspecified atom stereocenters. The van der Waals surface area contributed by atoms with Gasteiger partial charge in [0.1, 0.15) is 23.3 Å². The van der Waals surface area contributed by atoms with E-state index in [2.05, 4.69) is 0 Å². The number of methoxy groups -OCH3 is 1. The van der Waals surface area contributed by atoms with Crippen molar-refractivity contribution in [2.45, 2.75) is 19.1 Å². The van der Waals surface area contributed by atoms with E-state index in [1.807, 2.05) is 0 Å². The lowest BCUT2D eigenvalue weighted by Crippen LogP contribution is -2.15. The van der Waals surface area contributed by atoms with Crippen LogP contribution in [-0.2, 0) is 4.74 Å². The molecule has 0 saturated carbocycles. The van der Waals surface area contributed by atoms with Crippen LogP contribution in [0.15, 0.2) is 28.7 Å². The third-order valence-electron chi connectivity index (χ3n) is 2.61. The number of furan rings is 1. The first-order valence-corrected chi connectivity index (χ1v) is 5.01. The molecule has 16 heavy (non-hydrogen) atoms. The second kappa shape index (κ2) is 4.23. The topological polar surface area (TPSA) is 42.6 Å². The molecular formula is C12H13FO3. The van der Waals surface area contributed by atoms with Crippen molar-refractivity contribution in [3.05, 3.63) is 35.8 Å². The Labute approximate surface area is 92.4 Å². The normalized spacial score (nSPS) is 15.2. The van der Waals surface area contributed by atoms with E-state index in [1.165, 1.54) is 19.2 Å². The molecule has 1 heterocycles. The van der Waals surface area contributed by atoms with Gasteiger partial charge in [0.25, 0.3) is 0 Å². The fourth-order valence-electron chi connectivity index (χ4n) is 1.54. The van der Waals surface area contributed by atoms with E-state index < -0.39 is 6.10 Å². The maximum atomic E-state index is 12.9. The van der Waals surface area contributed by atoms with Gasteiger partial charge >= 0.3 is 0 Å². The molecule has 0 fully saturated rings. The molecule has 0 aliphatic rings. The van der Waals surface area contributed by atoms with Gasteiger partial charge in [-0.3, -0.25) is 0 Å². The zero-order chi connectivity index (χ0) is 11.7. The number of fused-ring (bicyclic) bond motifs is 1. The number of aliphatic hydroxyl groups excluding tert-OH is 1. The summed E-state index contributed by atoms with van der Waals surface area (Å²) in [5.74, 6) is 0.0593. The van der Waals surface area contributed by atoms with Crippen LogP contribution in [0.4, 0.5) is 4.39 Å². The van der Waals surface area contributed by atoms with E-state index >= 15 is 0 Å². The number of halogens is 1. The molecule has 1 aromatic heterocycles. The van der Waals surface area contributed by atoms with E-state index in [0.717, 1.165) is 0 Å². The Morgan fingerprint density at radius 3 is 2.81 bits per heavy atom. The van der Waals surface area contributed by atoms with Crippen LogP contribution in [0.2, 0.25) is 0 Å². The van der Waals surface area contributed by atoms with Crippen LogP contribution in [-0.4, -0.2) is 18.3 Å². The molecule has 0 saturated heterocycles. The summed E-state index contributed by atoms with van der Waals surface area (Å²) in [7, 11) is 1.51. The summed E-state index contributed by atoms with van der Waals surface area (Å²) in [5.41, 5.74) is 0.554. The van der Waals surface area contributed by atoms with E-state index in [-0.39, 0.29) is 11.9 Å². The quantitative estimate of drug-likeness (QED) is 0.871. The van der Waals surface area contributed by atoms with Gasteiger partial charge in [-0.2, -0.15) is 0 Å². The summed E-state index contributed by atoms with van der Waals surface area (Å²) in [6, 6.07) is 5.85. The number of hydrogen-bond acceptors (Lipinski definition) is 3. The predicted molar refractivity (Wildman–Crippen MR) is 57.6 cm³/mol. The van der Waals surface area contributed by atoms with Crippen molar-refractivity contribution >= 4 is 11.0 Å². The largest absolute Gasteiger partial charge is 0.458 e. The van der Waals surface area contributed by atoms with E-state index in [1.54, 1.807) is 19.1 Å². The van der Waals surface area contributed by atoms with Crippen LogP contribution in [0.25, 0.3) is 11.0 Å². The van der Waals surface area contributed by atoms with Gasteiger partial charge in [0.05, 0.1) is 6.10 Å². The van der Waals surface area contributed by atoms with Crippen molar-refractivity contribution in [1.82, 2.24) is 0 Å². The first-order chi connectivity index (χ1) is 7.61. The second-order valence-corrected chi connectivity index (χ2v) is 3.72. The van der Waals surface area contributed by atoms with Crippen molar-refractivity contribution in [2.75, 3.05) is 7.11 Å². The summed E-state index contributed by atoms with van der Waals surface area (Å²) in [6.07, 6.45) is -1.22. The third-order valence-corrected chi connectivity index (χ3v) is 2.61. The zero-order valence-corrected chi connectivity index (χ0v) is 9.11. The minimum absolute atomic E-state index is 0.325. The zero-order valence-electron chi connectivity index (χ0n) is 9.11. The Morgan fingerprint density at radius 2 is 2.12 bits per heavy atom. The van der Waals surface area contributed by atoms with E-state index in [4.69, 9.17) is 9.15 Å². The molecule has 0 spiro atoms. The van der Waals surface area contributed by atoms with E-state index in [9.17, 15) is 9.50 Å². The van der Waals surface area contributed by atoms with Gasteiger partial charge in [-0.1, -0.05) is 0 Å². The minimum atomic E-state index is -0.847. The van der Waals surface area contributed by atoms with Gasteiger partial charge in [0.2, 0.25) is 0 Å². The summed E-state index contributed by atoms with van der Waals surface area (Å²) in [6.45, 7) is 1.73. The van der Waals surface area contributed by atoms with E-state index in [0.29, 0.717) is 16.7 Å². The molecule has 4 heteroatoms. The predicted octanol–water partition coefficient (Wildman–Crippen LogP) is 2.64. The van der Waals surface area contributed by atoms with Gasteiger partial charge in [-0.05, 0) is 31.2 Å². The molecule has 3 nitrogen and oxygen atoms in total. The summed E-state index contributed by atoms with van der Waals surface area (Å²) in [5, 5.41) is 10.5. The maximum absolute atomic E-state index is 12.9. The number of aliphatic hydroxyl groups is 1. The SMILES string of the molecule is COC(C)C(O)c1cc2cc(F)ccc2o1. The molecule has 0 radical (unpaired) electrons. The average Bonchev–Trinajstić information content (AvgIpc) is 2.69. The molecule has 2 aromatic rings. The first-order valence-electron chi connectivity index (χ1n) is 5.01. The molecule has 0 aliphatic heterocycles. The van der Waals surface area contributed by atoms with Crippen molar-refractivity contribution in [3.8, 4) is 0 Å². The number of hydrogen-bond donors (Lipinski definition) is 1. The molecule has 2 atom stereocenters. The molecule has 86 valence electrons. The van der Waals surface area contributed by atoms with Crippen molar-refractivity contribution in [1.29, 1.82) is 0 Å².